The minimum absolute atomic E-state index is 0.0247. The summed E-state index contributed by atoms with van der Waals surface area (Å²) in [7, 11) is -3.82. The number of nitrogens with one attached hydrogen (secondary N) is 2. The number of hydrogen-bond acceptors (Lipinski definition) is 4. The van der Waals surface area contributed by atoms with Crippen molar-refractivity contribution in [2.45, 2.75) is 36.8 Å². The lowest BCUT2D eigenvalue weighted by Crippen LogP contribution is -2.41. The van der Waals surface area contributed by atoms with Crippen LogP contribution in [-0.2, 0) is 10.0 Å². The molecule has 1 amide bonds. The highest BCUT2D eigenvalue weighted by Crippen LogP contribution is 2.39. The second-order valence-electron chi connectivity index (χ2n) is 8.13. The van der Waals surface area contributed by atoms with Gasteiger partial charge in [-0.2, -0.15) is 0 Å². The first-order chi connectivity index (χ1) is 14.7. The van der Waals surface area contributed by atoms with Gasteiger partial charge < -0.3 is 10.1 Å². The van der Waals surface area contributed by atoms with Gasteiger partial charge in [0.1, 0.15) is 11.4 Å². The molecular formula is C24H24N2O4S. The summed E-state index contributed by atoms with van der Waals surface area (Å²) in [5.41, 5.74) is 1.21. The number of ether oxygens (including phenoxy) is 1. The molecule has 1 atom stereocenters. The Bertz CT molecular complexity index is 1210. The van der Waals surface area contributed by atoms with Gasteiger partial charge in [-0.3, -0.25) is 9.52 Å². The number of amides is 1. The third kappa shape index (κ3) is 4.72. The number of rotatable bonds is 5. The van der Waals surface area contributed by atoms with Crippen molar-refractivity contribution in [3.63, 3.8) is 0 Å². The average Bonchev–Trinajstić information content (AvgIpc) is 2.73. The lowest BCUT2D eigenvalue weighted by Gasteiger charge is -2.37. The van der Waals surface area contributed by atoms with Crippen molar-refractivity contribution in [3.8, 4) is 5.75 Å². The molecule has 0 aromatic heterocycles. The van der Waals surface area contributed by atoms with Gasteiger partial charge in [-0.05, 0) is 50.2 Å². The maximum atomic E-state index is 13.0. The molecule has 2 N–H and O–H groups in total. The number of hydrogen-bond donors (Lipinski definition) is 2. The smallest absolute Gasteiger partial charge is 0.261 e. The number of para-hydroxylation sites is 2. The Hall–Kier alpha value is -3.32. The molecule has 1 aliphatic heterocycles. The van der Waals surface area contributed by atoms with Gasteiger partial charge in [0.25, 0.3) is 15.9 Å². The largest absolute Gasteiger partial charge is 0.487 e. The zero-order chi connectivity index (χ0) is 22.1. The van der Waals surface area contributed by atoms with E-state index in [2.05, 4.69) is 10.0 Å². The van der Waals surface area contributed by atoms with E-state index < -0.39 is 15.6 Å². The molecule has 31 heavy (non-hydrogen) atoms. The van der Waals surface area contributed by atoms with Crippen LogP contribution < -0.4 is 14.8 Å². The van der Waals surface area contributed by atoms with Gasteiger partial charge in [0, 0.05) is 23.2 Å². The van der Waals surface area contributed by atoms with E-state index in [1.54, 1.807) is 42.5 Å². The molecule has 0 bridgehead atoms. The van der Waals surface area contributed by atoms with Crippen LogP contribution in [0.3, 0.4) is 0 Å². The van der Waals surface area contributed by atoms with Gasteiger partial charge in [0.2, 0.25) is 0 Å². The predicted molar refractivity (Wildman–Crippen MR) is 120 cm³/mol. The van der Waals surface area contributed by atoms with Crippen molar-refractivity contribution >= 4 is 21.6 Å². The first kappa shape index (κ1) is 20.9. The van der Waals surface area contributed by atoms with Crippen LogP contribution in [0.15, 0.2) is 83.8 Å². The molecule has 3 aromatic rings. The Morgan fingerprint density at radius 1 is 0.968 bits per heavy atom. The summed E-state index contributed by atoms with van der Waals surface area (Å²) < 4.78 is 34.1. The van der Waals surface area contributed by atoms with Gasteiger partial charge >= 0.3 is 0 Å². The van der Waals surface area contributed by atoms with Gasteiger partial charge in [-0.15, -0.1) is 0 Å². The molecule has 0 radical (unpaired) electrons. The molecule has 7 heteroatoms. The normalized spacial score (nSPS) is 17.2. The van der Waals surface area contributed by atoms with Crippen LogP contribution in [0, 0.1) is 0 Å². The van der Waals surface area contributed by atoms with E-state index in [0.717, 1.165) is 11.3 Å². The molecular weight excluding hydrogens is 412 g/mol. The van der Waals surface area contributed by atoms with Gasteiger partial charge in [-0.1, -0.05) is 42.5 Å². The summed E-state index contributed by atoms with van der Waals surface area (Å²) in [5, 5.41) is 3.04. The highest BCUT2D eigenvalue weighted by molar-refractivity contribution is 7.92. The summed E-state index contributed by atoms with van der Waals surface area (Å²) in [5.74, 6) is 0.404. The molecule has 0 spiro atoms. The number of benzene rings is 3. The summed E-state index contributed by atoms with van der Waals surface area (Å²) in [6.45, 7) is 3.95. The Balaban J connectivity index is 1.57. The molecule has 6 nitrogen and oxygen atoms in total. The van der Waals surface area contributed by atoms with Crippen LogP contribution in [-0.4, -0.2) is 19.9 Å². The van der Waals surface area contributed by atoms with Crippen molar-refractivity contribution in [1.82, 2.24) is 5.32 Å². The summed E-state index contributed by atoms with van der Waals surface area (Å²) in [6, 6.07) is 22.0. The van der Waals surface area contributed by atoms with Crippen LogP contribution in [0.5, 0.6) is 5.75 Å². The van der Waals surface area contributed by atoms with Crippen LogP contribution in [0.25, 0.3) is 0 Å². The van der Waals surface area contributed by atoms with Crippen LogP contribution in [0.2, 0.25) is 0 Å². The second kappa shape index (κ2) is 8.07. The Kier molecular flexibility index (Phi) is 5.45. The zero-order valence-electron chi connectivity index (χ0n) is 17.3. The lowest BCUT2D eigenvalue weighted by atomic mass is 9.89. The Morgan fingerprint density at radius 2 is 1.68 bits per heavy atom. The topological polar surface area (TPSA) is 84.5 Å². The van der Waals surface area contributed by atoms with Crippen molar-refractivity contribution < 1.29 is 17.9 Å². The molecule has 160 valence electrons. The minimum Gasteiger partial charge on any atom is -0.487 e. The van der Waals surface area contributed by atoms with E-state index in [4.69, 9.17) is 4.74 Å². The molecule has 1 heterocycles. The first-order valence-electron chi connectivity index (χ1n) is 10.0. The molecule has 1 aliphatic rings. The SMILES string of the molecule is CC1(C)CC(NC(=O)c2cccc(S(=O)(=O)Nc3ccccc3)c2)c2ccccc2O1. The highest BCUT2D eigenvalue weighted by Gasteiger charge is 2.34. The first-order valence-corrected chi connectivity index (χ1v) is 11.5. The quantitative estimate of drug-likeness (QED) is 0.616. The molecule has 3 aromatic carbocycles. The average molecular weight is 437 g/mol. The van der Waals surface area contributed by atoms with E-state index in [0.29, 0.717) is 12.1 Å². The van der Waals surface area contributed by atoms with Crippen molar-refractivity contribution in [3.05, 3.63) is 90.0 Å². The van der Waals surface area contributed by atoms with E-state index in [9.17, 15) is 13.2 Å². The summed E-state index contributed by atoms with van der Waals surface area (Å²) in [6.07, 6.45) is 0.601. The fourth-order valence-corrected chi connectivity index (χ4v) is 4.80. The second-order valence-corrected chi connectivity index (χ2v) is 9.81. The van der Waals surface area contributed by atoms with Crippen molar-refractivity contribution in [2.24, 2.45) is 0 Å². The third-order valence-electron chi connectivity index (χ3n) is 5.11. The van der Waals surface area contributed by atoms with Crippen molar-refractivity contribution in [1.29, 1.82) is 0 Å². The molecule has 0 fully saturated rings. The molecule has 1 unspecified atom stereocenters. The number of carbonyl (C=O) groups is 1. The van der Waals surface area contributed by atoms with E-state index in [1.807, 2.05) is 38.1 Å². The van der Waals surface area contributed by atoms with E-state index in [1.165, 1.54) is 12.1 Å². The van der Waals surface area contributed by atoms with Gasteiger partial charge in [0.15, 0.2) is 0 Å². The van der Waals surface area contributed by atoms with E-state index >= 15 is 0 Å². The van der Waals surface area contributed by atoms with Crippen molar-refractivity contribution in [2.75, 3.05) is 4.72 Å². The van der Waals surface area contributed by atoms with Crippen LogP contribution in [0.1, 0.15) is 42.2 Å². The molecule has 0 saturated heterocycles. The van der Waals surface area contributed by atoms with Crippen LogP contribution >= 0.6 is 0 Å². The fraction of sp³-hybridized carbons (Fsp3) is 0.208. The summed E-state index contributed by atoms with van der Waals surface area (Å²) in [4.78, 5) is 13.0. The maximum Gasteiger partial charge on any atom is 0.261 e. The minimum atomic E-state index is -3.82. The Labute approximate surface area is 182 Å². The third-order valence-corrected chi connectivity index (χ3v) is 6.49. The number of anilines is 1. The zero-order valence-corrected chi connectivity index (χ0v) is 18.1. The molecule has 4 rings (SSSR count). The highest BCUT2D eigenvalue weighted by atomic mass is 32.2. The summed E-state index contributed by atoms with van der Waals surface area (Å²) >= 11 is 0. The monoisotopic (exact) mass is 436 g/mol. The van der Waals surface area contributed by atoms with Gasteiger partial charge in [-0.25, -0.2) is 8.42 Å². The Morgan fingerprint density at radius 3 is 2.45 bits per heavy atom. The maximum absolute atomic E-state index is 13.0. The lowest BCUT2D eigenvalue weighted by molar-refractivity contribution is 0.0619. The standard InChI is InChI=1S/C24H24N2O4S/c1-24(2)16-21(20-13-6-7-14-22(20)30-24)25-23(27)17-9-8-12-19(15-17)31(28,29)26-18-10-4-3-5-11-18/h3-15,21,26H,16H2,1-2H3,(H,25,27). The van der Waals surface area contributed by atoms with Gasteiger partial charge in [0.05, 0.1) is 10.9 Å². The van der Waals surface area contributed by atoms with Crippen LogP contribution in [0.4, 0.5) is 5.69 Å². The molecule has 0 saturated carbocycles. The number of fused-ring (bicyclic) bond motifs is 1. The predicted octanol–water partition coefficient (Wildman–Crippen LogP) is 4.52. The molecule has 0 aliphatic carbocycles. The number of sulfonamides is 1. The van der Waals surface area contributed by atoms with E-state index in [-0.39, 0.29) is 22.4 Å². The fourth-order valence-electron chi connectivity index (χ4n) is 3.70. The number of carbonyl (C=O) groups excluding carboxylic acids is 1.